The minimum Gasteiger partial charge on any atom is -0.481 e. The van der Waals surface area contributed by atoms with Crippen molar-refractivity contribution in [1.82, 2.24) is 10.3 Å². The van der Waals surface area contributed by atoms with Gasteiger partial charge in [-0.3, -0.25) is 14.4 Å². The maximum atomic E-state index is 12.7. The SMILES string of the molecule is CCc1c(C(=O)NC(CC)(CC)CC(=O)O)[nH]c(C)c1C(C)=O. The molecule has 1 heterocycles. The number of carboxylic acid groups (broad SMARTS) is 1. The molecule has 23 heavy (non-hydrogen) atoms. The summed E-state index contributed by atoms with van der Waals surface area (Å²) in [6, 6.07) is 0. The molecule has 0 aromatic carbocycles. The van der Waals surface area contributed by atoms with Crippen LogP contribution in [0, 0.1) is 6.92 Å². The highest BCUT2D eigenvalue weighted by molar-refractivity contribution is 6.03. The maximum Gasteiger partial charge on any atom is 0.305 e. The summed E-state index contributed by atoms with van der Waals surface area (Å²) in [6.45, 7) is 8.83. The minimum absolute atomic E-state index is 0.0857. The molecule has 0 aliphatic heterocycles. The summed E-state index contributed by atoms with van der Waals surface area (Å²) in [5, 5.41) is 12.0. The number of aromatic nitrogens is 1. The molecule has 3 N–H and O–H groups in total. The summed E-state index contributed by atoms with van der Waals surface area (Å²) in [5.74, 6) is -1.39. The van der Waals surface area contributed by atoms with Crippen LogP contribution in [0.25, 0.3) is 0 Å². The van der Waals surface area contributed by atoms with E-state index in [-0.39, 0.29) is 18.1 Å². The number of carboxylic acids is 1. The van der Waals surface area contributed by atoms with E-state index in [1.54, 1.807) is 6.92 Å². The second-order valence-corrected chi connectivity index (χ2v) is 5.90. The number of carbonyl (C=O) groups is 3. The Morgan fingerprint density at radius 2 is 1.74 bits per heavy atom. The number of nitrogens with one attached hydrogen (secondary N) is 2. The topological polar surface area (TPSA) is 99.3 Å². The van der Waals surface area contributed by atoms with Crippen molar-refractivity contribution in [2.24, 2.45) is 0 Å². The van der Waals surface area contributed by atoms with Gasteiger partial charge in [0, 0.05) is 11.3 Å². The fraction of sp³-hybridized carbons (Fsp3) is 0.588. The van der Waals surface area contributed by atoms with E-state index in [4.69, 9.17) is 5.11 Å². The first-order valence-corrected chi connectivity index (χ1v) is 7.98. The molecule has 1 aromatic heterocycles. The van der Waals surface area contributed by atoms with E-state index in [0.717, 1.165) is 0 Å². The normalized spacial score (nSPS) is 11.3. The molecule has 0 saturated heterocycles. The van der Waals surface area contributed by atoms with E-state index in [2.05, 4.69) is 10.3 Å². The van der Waals surface area contributed by atoms with Gasteiger partial charge in [0.15, 0.2) is 5.78 Å². The standard InChI is InChI=1S/C17H26N2O4/c1-6-12-14(11(5)20)10(4)18-15(12)16(23)19-17(7-2,8-3)9-13(21)22/h18H,6-9H2,1-5H3,(H,19,23)(H,21,22). The van der Waals surface area contributed by atoms with Gasteiger partial charge in [0.05, 0.1) is 12.0 Å². The zero-order valence-corrected chi connectivity index (χ0v) is 14.5. The van der Waals surface area contributed by atoms with Crippen LogP contribution in [0.3, 0.4) is 0 Å². The van der Waals surface area contributed by atoms with Crippen molar-refractivity contribution in [2.45, 2.75) is 65.8 Å². The second-order valence-electron chi connectivity index (χ2n) is 5.90. The van der Waals surface area contributed by atoms with E-state index < -0.39 is 11.5 Å². The summed E-state index contributed by atoms with van der Waals surface area (Å²) in [6.07, 6.45) is 1.45. The molecule has 0 aliphatic carbocycles. The number of hydrogen-bond acceptors (Lipinski definition) is 3. The molecule has 1 amide bonds. The van der Waals surface area contributed by atoms with Crippen LogP contribution < -0.4 is 5.32 Å². The van der Waals surface area contributed by atoms with E-state index >= 15 is 0 Å². The van der Waals surface area contributed by atoms with E-state index in [1.807, 2.05) is 20.8 Å². The van der Waals surface area contributed by atoms with Gasteiger partial charge >= 0.3 is 5.97 Å². The van der Waals surface area contributed by atoms with Gasteiger partial charge in [0.2, 0.25) is 0 Å². The summed E-state index contributed by atoms with van der Waals surface area (Å²) in [7, 11) is 0. The number of H-pyrrole nitrogens is 1. The van der Waals surface area contributed by atoms with Crippen LogP contribution in [0.2, 0.25) is 0 Å². The van der Waals surface area contributed by atoms with Gasteiger partial charge in [-0.05, 0) is 38.7 Å². The number of carbonyl (C=O) groups excluding carboxylic acids is 2. The lowest BCUT2D eigenvalue weighted by molar-refractivity contribution is -0.138. The average Bonchev–Trinajstić information content (AvgIpc) is 2.82. The van der Waals surface area contributed by atoms with Crippen LogP contribution in [0.1, 0.15) is 79.1 Å². The lowest BCUT2D eigenvalue weighted by atomic mass is 9.88. The van der Waals surface area contributed by atoms with E-state index in [9.17, 15) is 14.4 Å². The largest absolute Gasteiger partial charge is 0.481 e. The third kappa shape index (κ3) is 4.00. The second kappa shape index (κ2) is 7.44. The third-order valence-electron chi connectivity index (χ3n) is 4.45. The Bertz CT molecular complexity index is 612. The lowest BCUT2D eigenvalue weighted by Gasteiger charge is -2.31. The molecule has 6 heteroatoms. The van der Waals surface area contributed by atoms with Crippen molar-refractivity contribution in [1.29, 1.82) is 0 Å². The van der Waals surface area contributed by atoms with Crippen LogP contribution in [-0.2, 0) is 11.2 Å². The van der Waals surface area contributed by atoms with Gasteiger partial charge in [-0.1, -0.05) is 20.8 Å². The number of aliphatic carboxylic acids is 1. The molecule has 0 radical (unpaired) electrons. The van der Waals surface area contributed by atoms with Gasteiger partial charge in [0.25, 0.3) is 5.91 Å². The number of Topliss-reactive ketones (excluding diaryl/α,β-unsaturated/α-hetero) is 1. The number of rotatable bonds is 8. The van der Waals surface area contributed by atoms with Crippen LogP contribution in [0.5, 0.6) is 0 Å². The summed E-state index contributed by atoms with van der Waals surface area (Å²) < 4.78 is 0. The van der Waals surface area contributed by atoms with E-state index in [1.165, 1.54) is 6.92 Å². The zero-order valence-electron chi connectivity index (χ0n) is 14.5. The van der Waals surface area contributed by atoms with Crippen molar-refractivity contribution >= 4 is 17.7 Å². The number of ketones is 1. The molecule has 0 saturated carbocycles. The van der Waals surface area contributed by atoms with Gasteiger partial charge in [-0.2, -0.15) is 0 Å². The Kier molecular flexibility index (Phi) is 6.12. The molecule has 0 bridgehead atoms. The van der Waals surface area contributed by atoms with Crippen molar-refractivity contribution in [2.75, 3.05) is 0 Å². The van der Waals surface area contributed by atoms with Crippen molar-refractivity contribution < 1.29 is 19.5 Å². The molecule has 0 spiro atoms. The third-order valence-corrected chi connectivity index (χ3v) is 4.45. The molecule has 0 aliphatic rings. The predicted molar refractivity (Wildman–Crippen MR) is 87.9 cm³/mol. The van der Waals surface area contributed by atoms with E-state index in [0.29, 0.717) is 41.8 Å². The van der Waals surface area contributed by atoms with Crippen LogP contribution in [0.15, 0.2) is 0 Å². The highest BCUT2D eigenvalue weighted by Crippen LogP contribution is 2.24. The van der Waals surface area contributed by atoms with Gasteiger partial charge < -0.3 is 15.4 Å². The lowest BCUT2D eigenvalue weighted by Crippen LogP contribution is -2.49. The van der Waals surface area contributed by atoms with Crippen molar-refractivity contribution in [3.05, 3.63) is 22.5 Å². The van der Waals surface area contributed by atoms with Gasteiger partial charge in [0.1, 0.15) is 5.69 Å². The average molecular weight is 322 g/mol. The first-order valence-electron chi connectivity index (χ1n) is 7.98. The number of aryl methyl sites for hydroxylation is 1. The smallest absolute Gasteiger partial charge is 0.305 e. The van der Waals surface area contributed by atoms with Gasteiger partial charge in [-0.25, -0.2) is 0 Å². The fourth-order valence-electron chi connectivity index (χ4n) is 3.01. The summed E-state index contributed by atoms with van der Waals surface area (Å²) >= 11 is 0. The van der Waals surface area contributed by atoms with Gasteiger partial charge in [-0.15, -0.1) is 0 Å². The van der Waals surface area contributed by atoms with Crippen LogP contribution in [-0.4, -0.2) is 33.3 Å². The Labute approximate surface area is 136 Å². The minimum atomic E-state index is -0.947. The number of aromatic amines is 1. The van der Waals surface area contributed by atoms with Crippen molar-refractivity contribution in [3.63, 3.8) is 0 Å². The monoisotopic (exact) mass is 322 g/mol. The summed E-state index contributed by atoms with van der Waals surface area (Å²) in [4.78, 5) is 38.6. The molecule has 1 aromatic rings. The first-order chi connectivity index (χ1) is 10.7. The highest BCUT2D eigenvalue weighted by Gasteiger charge is 2.33. The van der Waals surface area contributed by atoms with Crippen LogP contribution in [0.4, 0.5) is 0 Å². The quantitative estimate of drug-likeness (QED) is 0.641. The molecule has 128 valence electrons. The predicted octanol–water partition coefficient (Wildman–Crippen LogP) is 2.85. The highest BCUT2D eigenvalue weighted by atomic mass is 16.4. The Balaban J connectivity index is 3.21. The number of amides is 1. The van der Waals surface area contributed by atoms with Crippen LogP contribution >= 0.6 is 0 Å². The Morgan fingerprint density at radius 3 is 2.13 bits per heavy atom. The molecule has 0 fully saturated rings. The molecule has 0 unspecified atom stereocenters. The Hall–Kier alpha value is -2.11. The zero-order chi connectivity index (χ0) is 17.8. The Morgan fingerprint density at radius 1 is 1.17 bits per heavy atom. The molecular weight excluding hydrogens is 296 g/mol. The molecule has 0 atom stereocenters. The molecule has 1 rings (SSSR count). The molecule has 6 nitrogen and oxygen atoms in total. The number of hydrogen-bond donors (Lipinski definition) is 3. The summed E-state index contributed by atoms with van der Waals surface area (Å²) in [5.41, 5.74) is 1.46. The maximum absolute atomic E-state index is 12.7. The fourth-order valence-corrected chi connectivity index (χ4v) is 3.01. The first kappa shape index (κ1) is 18.9. The molecular formula is C17H26N2O4. The van der Waals surface area contributed by atoms with Crippen molar-refractivity contribution in [3.8, 4) is 0 Å².